The van der Waals surface area contributed by atoms with Crippen LogP contribution in [0.25, 0.3) is 0 Å². The maximum Gasteiger partial charge on any atom is 0.336 e. The Morgan fingerprint density at radius 2 is 2.00 bits per heavy atom. The molecular formula is C4H5N3O2S. The van der Waals surface area contributed by atoms with Gasteiger partial charge in [-0.1, -0.05) is 5.10 Å². The van der Waals surface area contributed by atoms with Gasteiger partial charge in [0.1, 0.15) is 0 Å². The predicted molar refractivity (Wildman–Crippen MR) is 34.9 cm³/mol. The Hall–Kier alpha value is -1.04. The lowest BCUT2D eigenvalue weighted by Crippen LogP contribution is -1.88. The summed E-state index contributed by atoms with van der Waals surface area (Å²) >= 11 is 1.21. The van der Waals surface area contributed by atoms with Crippen molar-refractivity contribution in [1.82, 2.24) is 15.2 Å². The van der Waals surface area contributed by atoms with Crippen molar-refractivity contribution < 1.29 is 10.2 Å². The molecule has 1 aromatic rings. The summed E-state index contributed by atoms with van der Waals surface area (Å²) in [6, 6.07) is -0.518. The molecule has 0 aromatic carbocycles. The Labute approximate surface area is 61.1 Å². The van der Waals surface area contributed by atoms with Gasteiger partial charge >= 0.3 is 6.01 Å². The second-order valence-corrected chi connectivity index (χ2v) is 2.24. The quantitative estimate of drug-likeness (QED) is 0.562. The summed E-state index contributed by atoms with van der Waals surface area (Å²) in [5.41, 5.74) is 0. The first-order chi connectivity index (χ1) is 4.74. The van der Waals surface area contributed by atoms with Crippen molar-refractivity contribution >= 4 is 11.8 Å². The average Bonchev–Trinajstić information content (AvgIpc) is 1.88. The van der Waals surface area contributed by atoms with E-state index in [0.717, 1.165) is 0 Å². The van der Waals surface area contributed by atoms with Crippen LogP contribution in [0.4, 0.5) is 0 Å². The summed E-state index contributed by atoms with van der Waals surface area (Å²) in [5, 5.41) is 24.5. The van der Waals surface area contributed by atoms with E-state index >= 15 is 0 Å². The SMILES string of the molecule is CSc1nnc(O)nc1O. The predicted octanol–water partition coefficient (Wildman–Crippen LogP) is 0.00470. The van der Waals surface area contributed by atoms with Crippen molar-refractivity contribution in [3.05, 3.63) is 0 Å². The van der Waals surface area contributed by atoms with E-state index in [-0.39, 0.29) is 5.88 Å². The summed E-state index contributed by atoms with van der Waals surface area (Å²) in [4.78, 5) is 3.26. The van der Waals surface area contributed by atoms with E-state index in [1.807, 2.05) is 0 Å². The van der Waals surface area contributed by atoms with Gasteiger partial charge in [0, 0.05) is 0 Å². The zero-order valence-corrected chi connectivity index (χ0v) is 5.96. The molecule has 0 saturated heterocycles. The fourth-order valence-corrected chi connectivity index (χ4v) is 0.783. The van der Waals surface area contributed by atoms with E-state index in [1.165, 1.54) is 11.8 Å². The van der Waals surface area contributed by atoms with Crippen molar-refractivity contribution in [1.29, 1.82) is 0 Å². The van der Waals surface area contributed by atoms with Gasteiger partial charge in [-0.3, -0.25) is 0 Å². The van der Waals surface area contributed by atoms with Gasteiger partial charge in [-0.25, -0.2) is 0 Å². The molecule has 0 saturated carbocycles. The van der Waals surface area contributed by atoms with Gasteiger partial charge in [0.2, 0.25) is 0 Å². The van der Waals surface area contributed by atoms with Gasteiger partial charge in [0.05, 0.1) is 0 Å². The van der Waals surface area contributed by atoms with Gasteiger partial charge < -0.3 is 10.2 Å². The lowest BCUT2D eigenvalue weighted by molar-refractivity contribution is 0.374. The van der Waals surface area contributed by atoms with Crippen molar-refractivity contribution in [2.75, 3.05) is 6.26 Å². The number of aromatic hydroxyl groups is 2. The molecule has 6 heteroatoms. The van der Waals surface area contributed by atoms with E-state index in [2.05, 4.69) is 15.2 Å². The van der Waals surface area contributed by atoms with Crippen LogP contribution in [-0.2, 0) is 0 Å². The van der Waals surface area contributed by atoms with Gasteiger partial charge in [-0.05, 0) is 6.26 Å². The molecular weight excluding hydrogens is 154 g/mol. The number of rotatable bonds is 1. The molecule has 54 valence electrons. The molecule has 0 aliphatic heterocycles. The first kappa shape index (κ1) is 7.07. The van der Waals surface area contributed by atoms with Crippen LogP contribution in [0.3, 0.4) is 0 Å². The number of hydrogen-bond acceptors (Lipinski definition) is 6. The number of hydrogen-bond donors (Lipinski definition) is 2. The van der Waals surface area contributed by atoms with Gasteiger partial charge in [0.15, 0.2) is 5.03 Å². The normalized spacial score (nSPS) is 9.70. The summed E-state index contributed by atoms with van der Waals surface area (Å²) < 4.78 is 0. The summed E-state index contributed by atoms with van der Waals surface area (Å²) in [6.45, 7) is 0. The Morgan fingerprint density at radius 3 is 2.50 bits per heavy atom. The average molecular weight is 159 g/mol. The van der Waals surface area contributed by atoms with Crippen LogP contribution in [0.15, 0.2) is 5.03 Å². The number of thioether (sulfide) groups is 1. The molecule has 0 radical (unpaired) electrons. The first-order valence-corrected chi connectivity index (χ1v) is 3.63. The van der Waals surface area contributed by atoms with E-state index < -0.39 is 6.01 Å². The fourth-order valence-electron chi connectivity index (χ4n) is 0.432. The Bertz CT molecular complexity index is 242. The maximum atomic E-state index is 8.90. The third-order valence-electron chi connectivity index (χ3n) is 0.821. The fraction of sp³-hybridized carbons (Fsp3) is 0.250. The van der Waals surface area contributed by atoms with Gasteiger partial charge in [0.25, 0.3) is 5.88 Å². The van der Waals surface area contributed by atoms with Crippen molar-refractivity contribution in [2.24, 2.45) is 0 Å². The summed E-state index contributed by atoms with van der Waals surface area (Å²) in [5.74, 6) is -0.292. The minimum atomic E-state index is -0.518. The Morgan fingerprint density at radius 1 is 1.30 bits per heavy atom. The van der Waals surface area contributed by atoms with E-state index in [0.29, 0.717) is 5.03 Å². The van der Waals surface area contributed by atoms with Crippen LogP contribution >= 0.6 is 11.8 Å². The lowest BCUT2D eigenvalue weighted by Gasteiger charge is -1.95. The van der Waals surface area contributed by atoms with Crippen LogP contribution in [0, 0.1) is 0 Å². The highest BCUT2D eigenvalue weighted by Crippen LogP contribution is 2.20. The molecule has 0 spiro atoms. The van der Waals surface area contributed by atoms with Crippen LogP contribution in [-0.4, -0.2) is 31.7 Å². The molecule has 2 N–H and O–H groups in total. The molecule has 1 rings (SSSR count). The summed E-state index contributed by atoms with van der Waals surface area (Å²) in [6.07, 6.45) is 1.72. The largest absolute Gasteiger partial charge is 0.491 e. The highest BCUT2D eigenvalue weighted by Gasteiger charge is 2.03. The van der Waals surface area contributed by atoms with Gasteiger partial charge in [-0.2, -0.15) is 4.98 Å². The van der Waals surface area contributed by atoms with Crippen molar-refractivity contribution in [3.63, 3.8) is 0 Å². The maximum absolute atomic E-state index is 8.90. The standard InChI is InChI=1S/C4H5N3O2S/c1-10-3-2(8)5-4(9)7-6-3/h1H3,(H2,5,7,8,9). The van der Waals surface area contributed by atoms with E-state index in [1.54, 1.807) is 6.26 Å². The minimum Gasteiger partial charge on any atom is -0.491 e. The van der Waals surface area contributed by atoms with Crippen molar-refractivity contribution in [2.45, 2.75) is 5.03 Å². The molecule has 0 atom stereocenters. The second-order valence-electron chi connectivity index (χ2n) is 1.44. The molecule has 0 bridgehead atoms. The highest BCUT2D eigenvalue weighted by molar-refractivity contribution is 7.98. The number of nitrogens with zero attached hydrogens (tertiary/aromatic N) is 3. The minimum absolute atomic E-state index is 0.292. The molecule has 1 aromatic heterocycles. The Balaban J connectivity index is 3.07. The third kappa shape index (κ3) is 1.27. The Kier molecular flexibility index (Phi) is 1.91. The molecule has 1 heterocycles. The van der Waals surface area contributed by atoms with E-state index in [4.69, 9.17) is 10.2 Å². The second kappa shape index (κ2) is 2.70. The molecule has 0 aliphatic carbocycles. The van der Waals surface area contributed by atoms with E-state index in [9.17, 15) is 0 Å². The topological polar surface area (TPSA) is 79.1 Å². The lowest BCUT2D eigenvalue weighted by atomic mass is 10.8. The van der Waals surface area contributed by atoms with Crippen LogP contribution in [0.5, 0.6) is 11.9 Å². The zero-order valence-electron chi connectivity index (χ0n) is 5.14. The highest BCUT2D eigenvalue weighted by atomic mass is 32.2. The molecule has 0 amide bonds. The van der Waals surface area contributed by atoms with Crippen LogP contribution in [0.2, 0.25) is 0 Å². The van der Waals surface area contributed by atoms with Crippen LogP contribution < -0.4 is 0 Å². The summed E-state index contributed by atoms with van der Waals surface area (Å²) in [7, 11) is 0. The molecule has 5 nitrogen and oxygen atoms in total. The first-order valence-electron chi connectivity index (χ1n) is 2.40. The monoisotopic (exact) mass is 159 g/mol. The third-order valence-corrected chi connectivity index (χ3v) is 1.47. The zero-order chi connectivity index (χ0) is 7.56. The molecule has 10 heavy (non-hydrogen) atoms. The number of aromatic nitrogens is 3. The molecule has 0 aliphatic rings. The van der Waals surface area contributed by atoms with Gasteiger partial charge in [-0.15, -0.1) is 16.9 Å². The van der Waals surface area contributed by atoms with Crippen molar-refractivity contribution in [3.8, 4) is 11.9 Å². The molecule has 0 fully saturated rings. The smallest absolute Gasteiger partial charge is 0.336 e. The van der Waals surface area contributed by atoms with Crippen LogP contribution in [0.1, 0.15) is 0 Å². The molecule has 0 unspecified atom stereocenters.